The van der Waals surface area contributed by atoms with Crippen LogP contribution >= 0.6 is 0 Å². The Morgan fingerprint density at radius 2 is 2.11 bits per heavy atom. The van der Waals surface area contributed by atoms with Crippen molar-refractivity contribution >= 4 is 0 Å². The Morgan fingerprint density at radius 3 is 2.56 bits per heavy atom. The summed E-state index contributed by atoms with van der Waals surface area (Å²) in [5.74, 6) is -0.123. The number of pyridine rings is 1. The fourth-order valence-electron chi connectivity index (χ4n) is 0.471. The molecule has 1 heterocycles. The van der Waals surface area contributed by atoms with E-state index >= 15 is 0 Å². The first-order chi connectivity index (χ1) is 4.22. The van der Waals surface area contributed by atoms with Gasteiger partial charge in [0.05, 0.1) is 0 Å². The maximum absolute atomic E-state index is 8.89. The van der Waals surface area contributed by atoms with Crippen LogP contribution in [0.25, 0.3) is 0 Å². The van der Waals surface area contributed by atoms with Crippen LogP contribution in [0.2, 0.25) is 0 Å². The standard InChI is InChI=1S/C5H5NO2.W/c7-5-3-1-2-4-6(5)8;/h1-3,7-8H;. The van der Waals surface area contributed by atoms with E-state index < -0.39 is 0 Å². The zero-order valence-corrected chi connectivity index (χ0v) is 7.42. The van der Waals surface area contributed by atoms with E-state index in [-0.39, 0.29) is 5.88 Å². The number of nitrogens with zero attached hydrogens (tertiary/aromatic N) is 1. The Balaban J connectivity index is 3.43. The number of aromatic nitrogens is 1. The van der Waals surface area contributed by atoms with Crippen LogP contribution in [-0.4, -0.2) is 15.0 Å². The second kappa shape index (κ2) is 2.36. The van der Waals surface area contributed by atoms with E-state index in [1.807, 2.05) is 0 Å². The molecule has 0 atom stereocenters. The van der Waals surface area contributed by atoms with Gasteiger partial charge in [0.1, 0.15) is 0 Å². The van der Waals surface area contributed by atoms with E-state index in [2.05, 4.69) is 0 Å². The second-order valence-electron chi connectivity index (χ2n) is 1.53. The van der Waals surface area contributed by atoms with Crippen LogP contribution in [0.3, 0.4) is 0 Å². The Morgan fingerprint density at radius 1 is 1.44 bits per heavy atom. The zero-order valence-electron chi connectivity index (χ0n) is 4.48. The third kappa shape index (κ3) is 1.22. The average molecular weight is 295 g/mol. The molecular formula is C5H5NO2W. The minimum absolute atomic E-state index is 0.123. The second-order valence-corrected chi connectivity index (χ2v) is 3.04. The van der Waals surface area contributed by atoms with Crippen molar-refractivity contribution in [1.82, 2.24) is 4.73 Å². The van der Waals surface area contributed by atoms with Crippen LogP contribution in [0, 0.1) is 3.67 Å². The third-order valence-corrected chi connectivity index (χ3v) is 2.02. The first kappa shape index (κ1) is 6.56. The molecule has 0 spiro atoms. The molecule has 0 saturated carbocycles. The summed E-state index contributed by atoms with van der Waals surface area (Å²) in [6.45, 7) is 0. The molecule has 0 saturated heterocycles. The van der Waals surface area contributed by atoms with Gasteiger partial charge in [-0.3, -0.25) is 0 Å². The molecule has 9 heavy (non-hydrogen) atoms. The van der Waals surface area contributed by atoms with Crippen LogP contribution in [0.1, 0.15) is 0 Å². The van der Waals surface area contributed by atoms with Gasteiger partial charge in [0, 0.05) is 0 Å². The van der Waals surface area contributed by atoms with Gasteiger partial charge in [0.25, 0.3) is 0 Å². The molecule has 0 unspecified atom stereocenters. The van der Waals surface area contributed by atoms with Crippen LogP contribution < -0.4 is 0 Å². The van der Waals surface area contributed by atoms with E-state index in [0.29, 0.717) is 3.67 Å². The monoisotopic (exact) mass is 295 g/mol. The van der Waals surface area contributed by atoms with Gasteiger partial charge in [-0.05, 0) is 0 Å². The first-order valence-electron chi connectivity index (χ1n) is 2.32. The number of rotatable bonds is 0. The van der Waals surface area contributed by atoms with Crippen molar-refractivity contribution in [2.45, 2.75) is 0 Å². The molecule has 48 valence electrons. The van der Waals surface area contributed by atoms with Gasteiger partial charge in [0.15, 0.2) is 0 Å². The first-order valence-corrected chi connectivity index (χ1v) is 3.79. The van der Waals surface area contributed by atoms with Crippen molar-refractivity contribution in [3.05, 3.63) is 21.9 Å². The average Bonchev–Trinajstić information content (AvgIpc) is 1.83. The minimum atomic E-state index is -0.123. The predicted molar refractivity (Wildman–Crippen MR) is 26.5 cm³/mol. The topological polar surface area (TPSA) is 45.4 Å². The molecule has 0 fully saturated rings. The molecule has 0 aliphatic heterocycles. The molecular weight excluding hydrogens is 290 g/mol. The Kier molecular flexibility index (Phi) is 1.72. The SMILES string of the molecule is Oc1ccc[c](=[W])n1O. The summed E-state index contributed by atoms with van der Waals surface area (Å²) in [5.41, 5.74) is 0. The van der Waals surface area contributed by atoms with Gasteiger partial charge in [0.2, 0.25) is 0 Å². The van der Waals surface area contributed by atoms with Crippen LogP contribution in [0.15, 0.2) is 18.2 Å². The molecule has 0 bridgehead atoms. The van der Waals surface area contributed by atoms with E-state index in [0.717, 1.165) is 24.1 Å². The molecule has 4 heteroatoms. The predicted octanol–water partition coefficient (Wildman–Crippen LogP) is 0.510. The molecule has 0 radical (unpaired) electrons. The van der Waals surface area contributed by atoms with E-state index in [9.17, 15) is 0 Å². The Bertz CT molecular complexity index is 268. The summed E-state index contributed by atoms with van der Waals surface area (Å²) in [6.07, 6.45) is 0. The van der Waals surface area contributed by atoms with Crippen molar-refractivity contribution in [1.29, 1.82) is 0 Å². The van der Waals surface area contributed by atoms with Crippen LogP contribution in [0.4, 0.5) is 0 Å². The molecule has 0 aliphatic carbocycles. The molecule has 0 amide bonds. The Labute approximate surface area is 62.6 Å². The van der Waals surface area contributed by atoms with Gasteiger partial charge in [-0.25, -0.2) is 0 Å². The molecule has 0 aromatic carbocycles. The summed E-state index contributed by atoms with van der Waals surface area (Å²) in [5, 5.41) is 17.7. The number of hydrogen-bond donors (Lipinski definition) is 2. The fraction of sp³-hybridized carbons (Fsp3) is 0. The van der Waals surface area contributed by atoms with Gasteiger partial charge in [-0.15, -0.1) is 0 Å². The van der Waals surface area contributed by atoms with Crippen molar-refractivity contribution in [3.8, 4) is 5.88 Å². The summed E-state index contributed by atoms with van der Waals surface area (Å²) in [7, 11) is 0. The molecule has 1 aromatic heterocycles. The van der Waals surface area contributed by atoms with Crippen LogP contribution in [0.5, 0.6) is 5.88 Å². The molecule has 2 N–H and O–H groups in total. The van der Waals surface area contributed by atoms with E-state index in [1.165, 1.54) is 6.07 Å². The number of aromatic hydroxyl groups is 1. The van der Waals surface area contributed by atoms with E-state index in [4.69, 9.17) is 10.3 Å². The van der Waals surface area contributed by atoms with Gasteiger partial charge < -0.3 is 0 Å². The van der Waals surface area contributed by atoms with E-state index in [1.54, 1.807) is 12.1 Å². The van der Waals surface area contributed by atoms with Crippen molar-refractivity contribution in [2.24, 2.45) is 0 Å². The molecule has 1 rings (SSSR count). The van der Waals surface area contributed by atoms with Crippen molar-refractivity contribution < 1.29 is 29.7 Å². The van der Waals surface area contributed by atoms with Crippen molar-refractivity contribution in [3.63, 3.8) is 0 Å². The third-order valence-electron chi connectivity index (χ3n) is 0.910. The molecule has 0 aliphatic rings. The summed E-state index contributed by atoms with van der Waals surface area (Å²) in [6, 6.07) is 4.84. The quantitative estimate of drug-likeness (QED) is 0.685. The summed E-state index contributed by atoms with van der Waals surface area (Å²) >= 11 is 1.11. The zero-order chi connectivity index (χ0) is 6.85. The van der Waals surface area contributed by atoms with Gasteiger partial charge >= 0.3 is 62.2 Å². The van der Waals surface area contributed by atoms with Crippen molar-refractivity contribution in [2.75, 3.05) is 0 Å². The maximum atomic E-state index is 8.89. The summed E-state index contributed by atoms with van der Waals surface area (Å²) in [4.78, 5) is 0. The molecule has 1 aromatic rings. The van der Waals surface area contributed by atoms with Gasteiger partial charge in [-0.1, -0.05) is 0 Å². The fourth-order valence-corrected chi connectivity index (χ4v) is 1.09. The van der Waals surface area contributed by atoms with Gasteiger partial charge in [-0.2, -0.15) is 0 Å². The number of hydrogen-bond acceptors (Lipinski definition) is 2. The normalized spacial score (nSPS) is 9.33. The summed E-state index contributed by atoms with van der Waals surface area (Å²) < 4.78 is 1.45. The molecule has 3 nitrogen and oxygen atoms in total. The Hall–Kier alpha value is -0.562. The van der Waals surface area contributed by atoms with Crippen LogP contribution in [-0.2, 0) is 19.4 Å².